The number of hydrogen-bond acceptors (Lipinski definition) is 3. The summed E-state index contributed by atoms with van der Waals surface area (Å²) >= 11 is 0. The van der Waals surface area contributed by atoms with Gasteiger partial charge in [-0.3, -0.25) is 9.59 Å². The van der Waals surface area contributed by atoms with Crippen LogP contribution in [0.1, 0.15) is 23.2 Å². The van der Waals surface area contributed by atoms with E-state index in [1.165, 1.54) is 0 Å². The second kappa shape index (κ2) is 5.62. The van der Waals surface area contributed by atoms with Gasteiger partial charge in [0.05, 0.1) is 10.3 Å². The summed E-state index contributed by atoms with van der Waals surface area (Å²) in [6, 6.07) is 8.81. The monoisotopic (exact) mass is 203 g/mol. The van der Waals surface area contributed by atoms with E-state index in [2.05, 4.69) is 4.79 Å². The minimum atomic E-state index is -0.297. The fourth-order valence-corrected chi connectivity index (χ4v) is 1.14. The second-order valence-electron chi connectivity index (χ2n) is 3.01. The van der Waals surface area contributed by atoms with Crippen LogP contribution in [0.4, 0.5) is 0 Å². The first-order valence-electron chi connectivity index (χ1n) is 4.55. The van der Waals surface area contributed by atoms with Crippen molar-refractivity contribution in [1.82, 2.24) is 0 Å². The van der Waals surface area contributed by atoms with Crippen LogP contribution in [-0.2, 0) is 4.79 Å². The van der Waals surface area contributed by atoms with E-state index < -0.39 is 0 Å². The van der Waals surface area contributed by atoms with Gasteiger partial charge in [-0.2, -0.15) is 0 Å². The summed E-state index contributed by atoms with van der Waals surface area (Å²) in [7, 11) is 0. The normalized spacial score (nSPS) is 9.07. The maximum atomic E-state index is 11.5. The third-order valence-corrected chi connectivity index (χ3v) is 1.90. The van der Waals surface area contributed by atoms with Crippen molar-refractivity contribution in [2.45, 2.75) is 12.8 Å². The van der Waals surface area contributed by atoms with Gasteiger partial charge in [0, 0.05) is 18.4 Å². The van der Waals surface area contributed by atoms with Gasteiger partial charge < -0.3 is 0 Å². The molecule has 0 radical (unpaired) electrons. The highest BCUT2D eigenvalue weighted by Gasteiger charge is 2.09. The molecule has 4 heteroatoms. The van der Waals surface area contributed by atoms with E-state index in [1.54, 1.807) is 24.3 Å². The Hall–Kier alpha value is -2.06. The van der Waals surface area contributed by atoms with Crippen molar-refractivity contribution in [3.8, 4) is 0 Å². The summed E-state index contributed by atoms with van der Waals surface area (Å²) in [5.74, 6) is -0.364. The van der Waals surface area contributed by atoms with Crippen LogP contribution in [0.3, 0.4) is 0 Å². The molecular weight excluding hydrogens is 192 g/mol. The molecule has 0 saturated carbocycles. The molecule has 0 bridgehead atoms. The van der Waals surface area contributed by atoms with Gasteiger partial charge >= 0.3 is 6.21 Å². The SMILES string of the molecule is N=[N+]=CC(=O)CCC(=O)c1ccccc1. The Morgan fingerprint density at radius 2 is 1.87 bits per heavy atom. The molecule has 1 rings (SSSR count). The van der Waals surface area contributed by atoms with E-state index in [0.717, 1.165) is 6.21 Å². The largest absolute Gasteiger partial charge is 0.372 e. The predicted octanol–water partition coefficient (Wildman–Crippen LogP) is 1.53. The van der Waals surface area contributed by atoms with Crippen molar-refractivity contribution in [1.29, 1.82) is 5.53 Å². The second-order valence-corrected chi connectivity index (χ2v) is 3.01. The maximum Gasteiger partial charge on any atom is 0.372 e. The molecule has 4 nitrogen and oxygen atoms in total. The van der Waals surface area contributed by atoms with Crippen molar-refractivity contribution in [3.63, 3.8) is 0 Å². The Morgan fingerprint density at radius 1 is 1.20 bits per heavy atom. The molecule has 0 aromatic heterocycles. The number of rotatable bonds is 5. The molecule has 76 valence electrons. The summed E-state index contributed by atoms with van der Waals surface area (Å²) in [5.41, 5.74) is 7.05. The van der Waals surface area contributed by atoms with Crippen LogP contribution in [-0.4, -0.2) is 22.6 Å². The summed E-state index contributed by atoms with van der Waals surface area (Å²) in [6.45, 7) is 0. The van der Waals surface area contributed by atoms with E-state index >= 15 is 0 Å². The number of nitrogens with one attached hydrogen (secondary N) is 1. The van der Waals surface area contributed by atoms with Crippen LogP contribution >= 0.6 is 0 Å². The lowest BCUT2D eigenvalue weighted by Crippen LogP contribution is -2.05. The molecule has 0 aliphatic carbocycles. The van der Waals surface area contributed by atoms with Crippen LogP contribution in [0.15, 0.2) is 30.3 Å². The Morgan fingerprint density at radius 3 is 2.47 bits per heavy atom. The van der Waals surface area contributed by atoms with Crippen molar-refractivity contribution < 1.29 is 14.4 Å². The number of hydrogen-bond donors (Lipinski definition) is 1. The highest BCUT2D eigenvalue weighted by atomic mass is 16.1. The molecule has 1 aromatic rings. The van der Waals surface area contributed by atoms with Crippen molar-refractivity contribution >= 4 is 17.8 Å². The van der Waals surface area contributed by atoms with E-state index in [1.807, 2.05) is 6.07 Å². The number of Topliss-reactive ketones (excluding diaryl/α,β-unsaturated/α-hetero) is 2. The van der Waals surface area contributed by atoms with Crippen LogP contribution in [0, 0.1) is 5.53 Å². The van der Waals surface area contributed by atoms with Crippen LogP contribution in [0.25, 0.3) is 0 Å². The summed E-state index contributed by atoms with van der Waals surface area (Å²) in [4.78, 5) is 25.3. The lowest BCUT2D eigenvalue weighted by Gasteiger charge is -1.96. The maximum absolute atomic E-state index is 11.5. The Bertz CT molecular complexity index is 406. The zero-order valence-corrected chi connectivity index (χ0v) is 8.14. The van der Waals surface area contributed by atoms with Crippen LogP contribution in [0.2, 0.25) is 0 Å². The van der Waals surface area contributed by atoms with Crippen molar-refractivity contribution in [3.05, 3.63) is 35.9 Å². The quantitative estimate of drug-likeness (QED) is 0.341. The molecule has 0 atom stereocenters. The Kier molecular flexibility index (Phi) is 4.13. The summed E-state index contributed by atoms with van der Waals surface area (Å²) in [6.07, 6.45) is 1.18. The number of nitrogens with zero attached hydrogens (tertiary/aromatic N) is 1. The number of carbonyl (C=O) groups is 2. The molecule has 1 N–H and O–H groups in total. The fraction of sp³-hybridized carbons (Fsp3) is 0.182. The first kappa shape index (κ1) is 11.0. The highest BCUT2D eigenvalue weighted by molar-refractivity contribution is 6.25. The zero-order chi connectivity index (χ0) is 11.1. The lowest BCUT2D eigenvalue weighted by molar-refractivity contribution is -0.131. The van der Waals surface area contributed by atoms with E-state index in [0.29, 0.717) is 5.56 Å². The van der Waals surface area contributed by atoms with E-state index in [4.69, 9.17) is 5.53 Å². The molecule has 15 heavy (non-hydrogen) atoms. The average molecular weight is 203 g/mol. The van der Waals surface area contributed by atoms with E-state index in [9.17, 15) is 9.59 Å². The molecule has 0 fully saturated rings. The number of benzene rings is 1. The van der Waals surface area contributed by atoms with Gasteiger partial charge in [0.25, 0.3) is 0 Å². The average Bonchev–Trinajstić information content (AvgIpc) is 2.27. The zero-order valence-electron chi connectivity index (χ0n) is 8.14. The van der Waals surface area contributed by atoms with Gasteiger partial charge in [0.1, 0.15) is 0 Å². The summed E-state index contributed by atoms with van der Waals surface area (Å²) in [5, 5.41) is 0. The third-order valence-electron chi connectivity index (χ3n) is 1.90. The molecule has 0 aliphatic rings. The van der Waals surface area contributed by atoms with Crippen molar-refractivity contribution in [2.75, 3.05) is 0 Å². The number of carbonyl (C=O) groups excluding carboxylic acids is 2. The lowest BCUT2D eigenvalue weighted by atomic mass is 10.1. The topological polar surface area (TPSA) is 72.1 Å². The first-order chi connectivity index (χ1) is 7.24. The molecule has 0 unspecified atom stereocenters. The predicted molar refractivity (Wildman–Crippen MR) is 54.1 cm³/mol. The van der Waals surface area contributed by atoms with Gasteiger partial charge in [-0.25, -0.2) is 0 Å². The first-order valence-corrected chi connectivity index (χ1v) is 4.55. The van der Waals surface area contributed by atoms with Gasteiger partial charge in [-0.1, -0.05) is 30.3 Å². The fourth-order valence-electron chi connectivity index (χ4n) is 1.14. The van der Waals surface area contributed by atoms with Gasteiger partial charge in [-0.05, 0) is 0 Å². The molecule has 0 amide bonds. The van der Waals surface area contributed by atoms with Gasteiger partial charge in [-0.15, -0.1) is 0 Å². The Labute approximate surface area is 87.2 Å². The smallest absolute Gasteiger partial charge is 0.294 e. The molecule has 0 aliphatic heterocycles. The van der Waals surface area contributed by atoms with Crippen LogP contribution < -0.4 is 0 Å². The number of ketones is 2. The molecular formula is C11H11N2O2+. The minimum Gasteiger partial charge on any atom is -0.294 e. The molecule has 0 spiro atoms. The van der Waals surface area contributed by atoms with E-state index in [-0.39, 0.29) is 24.4 Å². The van der Waals surface area contributed by atoms with Gasteiger partial charge in [0.2, 0.25) is 5.78 Å². The standard InChI is InChI=1S/C11H11N2O2/c12-13-8-10(14)6-7-11(15)9-4-2-1-3-5-9/h1-5,8,12H,6-7H2/q+1. The Balaban J connectivity index is 2.51. The van der Waals surface area contributed by atoms with Crippen molar-refractivity contribution in [2.24, 2.45) is 0 Å². The molecule has 0 heterocycles. The van der Waals surface area contributed by atoms with Gasteiger partial charge in [0.15, 0.2) is 5.78 Å². The summed E-state index contributed by atoms with van der Waals surface area (Å²) < 4.78 is 0. The molecule has 0 saturated heterocycles. The third kappa shape index (κ3) is 3.67. The molecule has 1 aromatic carbocycles. The van der Waals surface area contributed by atoms with Crippen LogP contribution in [0.5, 0.6) is 0 Å². The minimum absolute atomic E-state index is 0.0673. The highest BCUT2D eigenvalue weighted by Crippen LogP contribution is 2.04.